The molecule has 24 heavy (non-hydrogen) atoms. The Balaban J connectivity index is 1.91. The highest BCUT2D eigenvalue weighted by molar-refractivity contribution is 6.76. The van der Waals surface area contributed by atoms with Crippen molar-refractivity contribution in [2.24, 2.45) is 0 Å². The smallest absolute Gasteiger partial charge is 0.143 e. The van der Waals surface area contributed by atoms with Crippen LogP contribution in [0.5, 0.6) is 0 Å². The van der Waals surface area contributed by atoms with E-state index >= 15 is 0 Å². The van der Waals surface area contributed by atoms with Gasteiger partial charge in [0.2, 0.25) is 0 Å². The molecule has 0 aliphatic heterocycles. The molecule has 0 N–H and O–H groups in total. The summed E-state index contributed by atoms with van der Waals surface area (Å²) < 4.78 is 7.85. The Kier molecular flexibility index (Phi) is 4.98. The maximum Gasteiger partial charge on any atom is 0.143 e. The van der Waals surface area contributed by atoms with E-state index < -0.39 is 8.07 Å². The molecule has 3 aromatic heterocycles. The van der Waals surface area contributed by atoms with Gasteiger partial charge in [0.25, 0.3) is 0 Å². The highest BCUT2D eigenvalue weighted by atomic mass is 35.5. The zero-order valence-corrected chi connectivity index (χ0v) is 15.9. The molecule has 0 fully saturated rings. The number of ether oxygens (including phenoxy) is 1. The van der Waals surface area contributed by atoms with Crippen molar-refractivity contribution in [1.82, 2.24) is 19.5 Å². The Morgan fingerprint density at radius 3 is 2.71 bits per heavy atom. The number of pyridine rings is 1. The van der Waals surface area contributed by atoms with E-state index in [2.05, 4.69) is 34.6 Å². The van der Waals surface area contributed by atoms with E-state index in [0.29, 0.717) is 11.8 Å². The molecule has 3 rings (SSSR count). The minimum Gasteiger partial charge on any atom is -0.361 e. The summed E-state index contributed by atoms with van der Waals surface area (Å²) in [5, 5.41) is 1.54. The minimum absolute atomic E-state index is 0.453. The predicted molar refractivity (Wildman–Crippen MR) is 99.9 cm³/mol. The second-order valence-electron chi connectivity index (χ2n) is 6.94. The van der Waals surface area contributed by atoms with Gasteiger partial charge in [0, 0.05) is 50.4 Å². The van der Waals surface area contributed by atoms with E-state index in [9.17, 15) is 0 Å². The van der Waals surface area contributed by atoms with Crippen molar-refractivity contribution in [3.63, 3.8) is 0 Å². The highest BCUT2D eigenvalue weighted by Gasteiger charge is 2.16. The fraction of sp³-hybridized carbons (Fsp3) is 0.353. The van der Waals surface area contributed by atoms with Gasteiger partial charge in [0.15, 0.2) is 0 Å². The maximum atomic E-state index is 6.41. The fourth-order valence-electron chi connectivity index (χ4n) is 2.45. The third kappa shape index (κ3) is 3.83. The first-order valence-electron chi connectivity index (χ1n) is 7.93. The van der Waals surface area contributed by atoms with Crippen molar-refractivity contribution >= 4 is 30.7 Å². The largest absolute Gasteiger partial charge is 0.361 e. The molecular weight excluding hydrogens is 340 g/mol. The summed E-state index contributed by atoms with van der Waals surface area (Å²) in [5.74, 6) is 0. The molecule has 0 saturated heterocycles. The van der Waals surface area contributed by atoms with Gasteiger partial charge in [-0.25, -0.2) is 4.98 Å². The molecule has 0 bridgehead atoms. The minimum atomic E-state index is -1.09. The zero-order chi connectivity index (χ0) is 17.2. The SMILES string of the molecule is C[Si](C)(C)CCOCn1cc(-c2cnccn2)c2c(Cl)ccnc21. The van der Waals surface area contributed by atoms with Crippen molar-refractivity contribution in [2.45, 2.75) is 32.4 Å². The molecule has 5 nitrogen and oxygen atoms in total. The van der Waals surface area contributed by atoms with E-state index in [1.54, 1.807) is 30.9 Å². The summed E-state index contributed by atoms with van der Waals surface area (Å²) in [5.41, 5.74) is 2.50. The standard InChI is InChI=1S/C17H21ClN4OSi/c1-24(2,3)9-8-23-12-22-11-13(15-10-19-6-7-20-15)16-14(18)4-5-21-17(16)22/h4-7,10-11H,8-9,12H2,1-3H3. The van der Waals surface area contributed by atoms with Crippen LogP contribution in [0, 0.1) is 0 Å². The Morgan fingerprint density at radius 1 is 1.17 bits per heavy atom. The van der Waals surface area contributed by atoms with Crippen molar-refractivity contribution in [1.29, 1.82) is 0 Å². The van der Waals surface area contributed by atoms with Crippen LogP contribution in [-0.4, -0.2) is 34.2 Å². The first kappa shape index (κ1) is 17.1. The van der Waals surface area contributed by atoms with Crippen LogP contribution < -0.4 is 0 Å². The Bertz CT molecular complexity index is 830. The van der Waals surface area contributed by atoms with E-state index in [4.69, 9.17) is 16.3 Å². The number of aromatic nitrogens is 4. The third-order valence-electron chi connectivity index (χ3n) is 3.77. The highest BCUT2D eigenvalue weighted by Crippen LogP contribution is 2.33. The summed E-state index contributed by atoms with van der Waals surface area (Å²) in [6, 6.07) is 2.93. The van der Waals surface area contributed by atoms with Crippen LogP contribution in [0.1, 0.15) is 0 Å². The average molecular weight is 361 g/mol. The van der Waals surface area contributed by atoms with Crippen LogP contribution in [0.3, 0.4) is 0 Å². The van der Waals surface area contributed by atoms with Crippen molar-refractivity contribution in [2.75, 3.05) is 6.61 Å². The van der Waals surface area contributed by atoms with E-state index in [-0.39, 0.29) is 0 Å². The van der Waals surface area contributed by atoms with Crippen LogP contribution in [0.4, 0.5) is 0 Å². The van der Waals surface area contributed by atoms with Crippen LogP contribution in [0.25, 0.3) is 22.3 Å². The van der Waals surface area contributed by atoms with Gasteiger partial charge in [0.05, 0.1) is 16.9 Å². The lowest BCUT2D eigenvalue weighted by atomic mass is 10.2. The van der Waals surface area contributed by atoms with Crippen molar-refractivity contribution < 1.29 is 4.74 Å². The molecule has 0 atom stereocenters. The van der Waals surface area contributed by atoms with Crippen LogP contribution in [-0.2, 0) is 11.5 Å². The Hall–Kier alpha value is -1.76. The van der Waals surface area contributed by atoms with Crippen molar-refractivity contribution in [3.05, 3.63) is 42.1 Å². The molecule has 3 heterocycles. The predicted octanol–water partition coefficient (Wildman–Crippen LogP) is 4.46. The van der Waals surface area contributed by atoms with Crippen LogP contribution in [0.15, 0.2) is 37.1 Å². The lowest BCUT2D eigenvalue weighted by Crippen LogP contribution is -2.22. The number of nitrogens with zero attached hydrogens (tertiary/aromatic N) is 4. The molecule has 0 radical (unpaired) electrons. The van der Waals surface area contributed by atoms with Gasteiger partial charge >= 0.3 is 0 Å². The molecule has 0 saturated carbocycles. The van der Waals surface area contributed by atoms with Gasteiger partial charge in [-0.15, -0.1) is 0 Å². The first-order chi connectivity index (χ1) is 11.5. The van der Waals surface area contributed by atoms with E-state index in [0.717, 1.165) is 34.9 Å². The molecule has 0 aromatic carbocycles. The topological polar surface area (TPSA) is 52.8 Å². The molecule has 126 valence electrons. The fourth-order valence-corrected chi connectivity index (χ4v) is 3.45. The monoisotopic (exact) mass is 360 g/mol. The molecular formula is C17H21ClN4OSi. The van der Waals surface area contributed by atoms with Gasteiger partial charge in [-0.3, -0.25) is 9.97 Å². The van der Waals surface area contributed by atoms with Gasteiger partial charge < -0.3 is 9.30 Å². The lowest BCUT2D eigenvalue weighted by molar-refractivity contribution is 0.0899. The summed E-state index contributed by atoms with van der Waals surface area (Å²) in [6.45, 7) is 8.24. The summed E-state index contributed by atoms with van der Waals surface area (Å²) in [6.07, 6.45) is 8.76. The molecule has 0 spiro atoms. The van der Waals surface area contributed by atoms with Gasteiger partial charge in [0.1, 0.15) is 12.4 Å². The van der Waals surface area contributed by atoms with E-state index in [1.807, 2.05) is 10.8 Å². The summed E-state index contributed by atoms with van der Waals surface area (Å²) in [4.78, 5) is 13.0. The quantitative estimate of drug-likeness (QED) is 0.481. The number of rotatable bonds is 6. The number of hydrogen-bond acceptors (Lipinski definition) is 4. The zero-order valence-electron chi connectivity index (χ0n) is 14.2. The van der Waals surface area contributed by atoms with Crippen molar-refractivity contribution in [3.8, 4) is 11.3 Å². The number of hydrogen-bond donors (Lipinski definition) is 0. The van der Waals surface area contributed by atoms with Crippen LogP contribution in [0.2, 0.25) is 30.7 Å². The second kappa shape index (κ2) is 7.00. The average Bonchev–Trinajstić information content (AvgIpc) is 2.92. The summed E-state index contributed by atoms with van der Waals surface area (Å²) >= 11 is 6.41. The lowest BCUT2D eigenvalue weighted by Gasteiger charge is -2.15. The molecule has 0 aliphatic carbocycles. The normalized spacial score (nSPS) is 12.0. The van der Waals surface area contributed by atoms with Gasteiger partial charge in [-0.1, -0.05) is 31.2 Å². The molecule has 0 amide bonds. The van der Waals surface area contributed by atoms with E-state index in [1.165, 1.54) is 0 Å². The molecule has 0 aliphatic rings. The van der Waals surface area contributed by atoms with Crippen LogP contribution >= 0.6 is 11.6 Å². The Labute approximate surface area is 147 Å². The Morgan fingerprint density at radius 2 is 2.00 bits per heavy atom. The number of halogens is 1. The maximum absolute atomic E-state index is 6.41. The second-order valence-corrected chi connectivity index (χ2v) is 13.0. The molecule has 3 aromatic rings. The van der Waals surface area contributed by atoms with Gasteiger partial charge in [-0.2, -0.15) is 0 Å². The number of fused-ring (bicyclic) bond motifs is 1. The summed E-state index contributed by atoms with van der Waals surface area (Å²) in [7, 11) is -1.09. The third-order valence-corrected chi connectivity index (χ3v) is 5.79. The molecule has 0 unspecified atom stereocenters. The first-order valence-corrected chi connectivity index (χ1v) is 12.0. The van der Waals surface area contributed by atoms with Gasteiger partial charge in [-0.05, 0) is 12.1 Å². The molecule has 7 heteroatoms.